The van der Waals surface area contributed by atoms with Gasteiger partial charge in [-0.3, -0.25) is 4.79 Å². The van der Waals surface area contributed by atoms with Crippen molar-refractivity contribution in [2.24, 2.45) is 0 Å². The maximum Gasteiger partial charge on any atom is 0.224 e. The molecule has 1 fully saturated rings. The van der Waals surface area contributed by atoms with Gasteiger partial charge in [0.15, 0.2) is 5.82 Å². The maximum atomic E-state index is 12.5. The van der Waals surface area contributed by atoms with Crippen molar-refractivity contribution in [1.29, 1.82) is 0 Å². The van der Waals surface area contributed by atoms with Crippen LogP contribution in [0.15, 0.2) is 40.1 Å². The first-order valence-electron chi connectivity index (χ1n) is 7.26. The molecule has 3 rings (SSSR count). The van der Waals surface area contributed by atoms with E-state index in [1.54, 1.807) is 16.7 Å². The Kier molecular flexibility index (Phi) is 5.53. The Morgan fingerprint density at radius 1 is 1.39 bits per heavy atom. The molecule has 122 valence electrons. The van der Waals surface area contributed by atoms with Crippen LogP contribution in [0.4, 0.5) is 0 Å². The lowest BCUT2D eigenvalue weighted by atomic mass is 10.2. The van der Waals surface area contributed by atoms with Crippen LogP contribution in [-0.2, 0) is 9.53 Å². The van der Waals surface area contributed by atoms with Gasteiger partial charge < -0.3 is 14.2 Å². The summed E-state index contributed by atoms with van der Waals surface area (Å²) in [6, 6.07) is 7.33. The molecule has 1 aliphatic rings. The normalized spacial score (nSPS) is 18.1. The third-order valence-electron chi connectivity index (χ3n) is 3.52. The summed E-state index contributed by atoms with van der Waals surface area (Å²) in [6.07, 6.45) is 1.71. The number of amides is 1. The van der Waals surface area contributed by atoms with Crippen molar-refractivity contribution in [3.05, 3.63) is 41.5 Å². The molecule has 1 atom stereocenters. The van der Waals surface area contributed by atoms with Crippen LogP contribution in [0.1, 0.15) is 18.3 Å². The lowest BCUT2D eigenvalue weighted by Gasteiger charge is -2.33. The van der Waals surface area contributed by atoms with Crippen molar-refractivity contribution in [2.75, 3.05) is 25.5 Å². The summed E-state index contributed by atoms with van der Waals surface area (Å²) in [4.78, 5) is 19.4. The van der Waals surface area contributed by atoms with E-state index in [1.165, 1.54) is 6.39 Å². The van der Waals surface area contributed by atoms with Gasteiger partial charge in [-0.2, -0.15) is 4.98 Å². The second-order valence-electron chi connectivity index (χ2n) is 5.02. The van der Waals surface area contributed by atoms with Crippen molar-refractivity contribution >= 4 is 29.3 Å². The smallest absolute Gasteiger partial charge is 0.224 e. The van der Waals surface area contributed by atoms with Crippen LogP contribution in [0.3, 0.4) is 0 Å². The van der Waals surface area contributed by atoms with E-state index in [0.717, 1.165) is 4.90 Å². The van der Waals surface area contributed by atoms with Gasteiger partial charge in [0, 0.05) is 28.6 Å². The molecule has 23 heavy (non-hydrogen) atoms. The fourth-order valence-corrected chi connectivity index (χ4v) is 3.34. The fraction of sp³-hybridized carbons (Fsp3) is 0.400. The molecule has 0 bridgehead atoms. The molecule has 0 saturated carbocycles. The Labute approximate surface area is 143 Å². The van der Waals surface area contributed by atoms with Crippen LogP contribution in [-0.4, -0.2) is 46.5 Å². The van der Waals surface area contributed by atoms with Gasteiger partial charge in [-0.15, -0.1) is 11.8 Å². The molecule has 0 spiro atoms. The molecule has 1 aromatic heterocycles. The summed E-state index contributed by atoms with van der Waals surface area (Å²) >= 11 is 7.49. The summed E-state index contributed by atoms with van der Waals surface area (Å²) in [5.74, 6) is 1.27. The zero-order valence-electron chi connectivity index (χ0n) is 12.4. The number of rotatable bonds is 5. The Morgan fingerprint density at radius 2 is 2.22 bits per heavy atom. The highest BCUT2D eigenvalue weighted by Gasteiger charge is 2.31. The number of morpholine rings is 1. The Balaban J connectivity index is 1.55. The van der Waals surface area contributed by atoms with Crippen molar-refractivity contribution in [3.8, 4) is 0 Å². The number of benzene rings is 1. The minimum Gasteiger partial charge on any atom is -0.377 e. The van der Waals surface area contributed by atoms with Crippen molar-refractivity contribution in [2.45, 2.75) is 17.4 Å². The van der Waals surface area contributed by atoms with Gasteiger partial charge in [0.05, 0.1) is 13.2 Å². The highest BCUT2D eigenvalue weighted by Crippen LogP contribution is 2.24. The van der Waals surface area contributed by atoms with Crippen LogP contribution in [0.5, 0.6) is 0 Å². The summed E-state index contributed by atoms with van der Waals surface area (Å²) in [6.45, 7) is 1.48. The Bertz CT molecular complexity index is 636. The first kappa shape index (κ1) is 16.3. The van der Waals surface area contributed by atoms with Crippen molar-refractivity contribution < 1.29 is 14.1 Å². The molecule has 1 saturated heterocycles. The van der Waals surface area contributed by atoms with Crippen LogP contribution in [0.25, 0.3) is 0 Å². The quantitative estimate of drug-likeness (QED) is 0.770. The van der Waals surface area contributed by atoms with E-state index in [2.05, 4.69) is 10.1 Å². The third-order valence-corrected chi connectivity index (χ3v) is 4.79. The van der Waals surface area contributed by atoms with Crippen LogP contribution >= 0.6 is 23.4 Å². The van der Waals surface area contributed by atoms with Crippen molar-refractivity contribution in [3.63, 3.8) is 0 Å². The first-order chi connectivity index (χ1) is 11.2. The van der Waals surface area contributed by atoms with Gasteiger partial charge in [-0.25, -0.2) is 0 Å². The Hall–Kier alpha value is -1.57. The molecule has 0 radical (unpaired) electrons. The second-order valence-corrected chi connectivity index (χ2v) is 6.62. The van der Waals surface area contributed by atoms with Crippen molar-refractivity contribution in [1.82, 2.24) is 15.0 Å². The highest BCUT2D eigenvalue weighted by molar-refractivity contribution is 7.99. The largest absolute Gasteiger partial charge is 0.377 e. The zero-order valence-corrected chi connectivity index (χ0v) is 13.9. The molecule has 1 aromatic carbocycles. The molecule has 0 aliphatic carbocycles. The highest BCUT2D eigenvalue weighted by atomic mass is 35.5. The summed E-state index contributed by atoms with van der Waals surface area (Å²) in [7, 11) is 0. The molecule has 1 aliphatic heterocycles. The average Bonchev–Trinajstić information content (AvgIpc) is 3.11. The molecular formula is C15H16ClN3O3S. The first-order valence-corrected chi connectivity index (χ1v) is 8.62. The molecular weight excluding hydrogens is 338 g/mol. The van der Waals surface area contributed by atoms with Gasteiger partial charge in [-0.05, 0) is 24.3 Å². The lowest BCUT2D eigenvalue weighted by molar-refractivity contribution is -0.140. The predicted octanol–water partition coefficient (Wildman–Crippen LogP) is 2.81. The molecule has 2 heterocycles. The fourth-order valence-electron chi connectivity index (χ4n) is 2.37. The summed E-state index contributed by atoms with van der Waals surface area (Å²) in [5.41, 5.74) is 0. The van der Waals surface area contributed by atoms with E-state index in [1.807, 2.05) is 24.3 Å². The third kappa shape index (κ3) is 4.25. The van der Waals surface area contributed by atoms with Crippen LogP contribution in [0, 0.1) is 0 Å². The summed E-state index contributed by atoms with van der Waals surface area (Å²) in [5, 5.41) is 4.54. The number of ether oxygens (including phenoxy) is 1. The molecule has 0 unspecified atom stereocenters. The number of carbonyl (C=O) groups excluding carboxylic acids is 1. The average molecular weight is 354 g/mol. The standard InChI is InChI=1S/C15H16ClN3O3S/c16-11-1-3-12(4-2-11)23-8-5-14(20)19-6-7-21-9-13(19)15-17-10-22-18-15/h1-4,10,13H,5-9H2/t13-/m0/s1. The minimum atomic E-state index is -0.268. The number of hydrogen-bond donors (Lipinski definition) is 0. The zero-order chi connectivity index (χ0) is 16.1. The van der Waals surface area contributed by atoms with E-state index in [4.69, 9.17) is 20.9 Å². The lowest BCUT2D eigenvalue weighted by Crippen LogP contribution is -2.44. The van der Waals surface area contributed by atoms with Crippen LogP contribution in [0.2, 0.25) is 5.02 Å². The van der Waals surface area contributed by atoms with E-state index in [0.29, 0.717) is 42.8 Å². The minimum absolute atomic E-state index is 0.0737. The molecule has 2 aromatic rings. The number of nitrogens with zero attached hydrogens (tertiary/aromatic N) is 3. The van der Waals surface area contributed by atoms with E-state index in [9.17, 15) is 4.79 Å². The molecule has 0 N–H and O–H groups in total. The monoisotopic (exact) mass is 353 g/mol. The Morgan fingerprint density at radius 3 is 2.96 bits per heavy atom. The van der Waals surface area contributed by atoms with E-state index < -0.39 is 0 Å². The van der Waals surface area contributed by atoms with Gasteiger partial charge >= 0.3 is 0 Å². The van der Waals surface area contributed by atoms with Crippen LogP contribution < -0.4 is 0 Å². The van der Waals surface area contributed by atoms with E-state index in [-0.39, 0.29) is 11.9 Å². The van der Waals surface area contributed by atoms with E-state index >= 15 is 0 Å². The SMILES string of the molecule is O=C(CCSc1ccc(Cl)cc1)N1CCOC[C@H]1c1ncon1. The maximum absolute atomic E-state index is 12.5. The topological polar surface area (TPSA) is 68.5 Å². The number of halogens is 1. The number of aromatic nitrogens is 2. The number of thioether (sulfide) groups is 1. The molecule has 1 amide bonds. The van der Waals surface area contributed by atoms with Gasteiger partial charge in [0.2, 0.25) is 12.3 Å². The second kappa shape index (κ2) is 7.81. The molecule has 8 heteroatoms. The number of hydrogen-bond acceptors (Lipinski definition) is 6. The summed E-state index contributed by atoms with van der Waals surface area (Å²) < 4.78 is 10.2. The van der Waals surface area contributed by atoms with Gasteiger partial charge in [-0.1, -0.05) is 16.8 Å². The van der Waals surface area contributed by atoms with Gasteiger partial charge in [0.1, 0.15) is 6.04 Å². The molecule has 6 nitrogen and oxygen atoms in total. The number of carbonyl (C=O) groups is 1. The van der Waals surface area contributed by atoms with Gasteiger partial charge in [0.25, 0.3) is 0 Å². The predicted molar refractivity (Wildman–Crippen MR) is 86.4 cm³/mol.